The van der Waals surface area contributed by atoms with Gasteiger partial charge >= 0.3 is 11.9 Å². The lowest BCUT2D eigenvalue weighted by molar-refractivity contribution is -0.140. The van der Waals surface area contributed by atoms with Gasteiger partial charge < -0.3 is 29.2 Å². The summed E-state index contributed by atoms with van der Waals surface area (Å²) in [6, 6.07) is 10.1. The van der Waals surface area contributed by atoms with E-state index in [1.54, 1.807) is 48.6 Å². The van der Waals surface area contributed by atoms with Crippen LogP contribution in [0, 0.1) is 0 Å². The molecule has 3 rings (SSSR count). The molecule has 1 saturated carbocycles. The Bertz CT molecular complexity index is 1090. The number of methoxy groups -OCH3 is 2. The number of ketones is 1. The lowest BCUT2D eigenvalue weighted by Gasteiger charge is -2.17. The molecule has 0 radical (unpaired) electrons. The molecular weight excluding hydrogens is 456 g/mol. The maximum absolute atomic E-state index is 13.2. The minimum atomic E-state index is -1.09. The summed E-state index contributed by atoms with van der Waals surface area (Å²) in [6.45, 7) is -0.970. The molecule has 9 heteroatoms. The number of hydrogen-bond acceptors (Lipinski definition) is 7. The quantitative estimate of drug-likeness (QED) is 0.485. The molecule has 35 heavy (non-hydrogen) atoms. The Kier molecular flexibility index (Phi) is 8.50. The molecule has 184 valence electrons. The van der Waals surface area contributed by atoms with E-state index in [4.69, 9.17) is 29.2 Å². The first-order valence-corrected chi connectivity index (χ1v) is 10.8. The van der Waals surface area contributed by atoms with Gasteiger partial charge in [0, 0.05) is 11.1 Å². The molecule has 0 aliphatic heterocycles. The van der Waals surface area contributed by atoms with Gasteiger partial charge in [0.2, 0.25) is 0 Å². The highest BCUT2D eigenvalue weighted by Crippen LogP contribution is 2.33. The second-order valence-corrected chi connectivity index (χ2v) is 7.71. The maximum Gasteiger partial charge on any atom is 0.341 e. The van der Waals surface area contributed by atoms with Crippen molar-refractivity contribution < 1.29 is 43.5 Å². The molecule has 0 spiro atoms. The standard InChI is InChI=1S/C26H26O9/c1-32-22-12-16(6-8-20(22)34-14-24(27)28)10-18-4-3-5-19(26(18)31)11-17-7-9-21(23(13-17)33-2)35-15-25(29)30/h6-13H,3-5,14-15H2,1-2H3,(H,27,28)(H,29,30)/b18-10-,19-11+. The molecule has 0 aromatic heterocycles. The molecule has 9 nitrogen and oxygen atoms in total. The molecular formula is C26H26O9. The van der Waals surface area contributed by atoms with E-state index in [2.05, 4.69) is 0 Å². The first-order chi connectivity index (χ1) is 16.8. The lowest BCUT2D eigenvalue weighted by Crippen LogP contribution is -2.12. The van der Waals surface area contributed by atoms with Crippen molar-refractivity contribution in [1.82, 2.24) is 0 Å². The lowest BCUT2D eigenvalue weighted by atomic mass is 9.87. The van der Waals surface area contributed by atoms with Gasteiger partial charge in [-0.3, -0.25) is 4.79 Å². The number of ether oxygens (including phenoxy) is 4. The van der Waals surface area contributed by atoms with Gasteiger partial charge in [-0.2, -0.15) is 0 Å². The Morgan fingerprint density at radius 2 is 1.20 bits per heavy atom. The average Bonchev–Trinajstić information content (AvgIpc) is 2.84. The molecule has 2 N–H and O–H groups in total. The van der Waals surface area contributed by atoms with Gasteiger partial charge in [-0.1, -0.05) is 12.1 Å². The van der Waals surface area contributed by atoms with E-state index in [0.717, 1.165) is 17.5 Å². The van der Waals surface area contributed by atoms with Crippen molar-refractivity contribution in [2.75, 3.05) is 27.4 Å². The minimum absolute atomic E-state index is 0.0633. The van der Waals surface area contributed by atoms with Gasteiger partial charge in [0.15, 0.2) is 42.0 Å². The summed E-state index contributed by atoms with van der Waals surface area (Å²) in [5.41, 5.74) is 2.76. The van der Waals surface area contributed by atoms with Crippen molar-refractivity contribution in [2.45, 2.75) is 19.3 Å². The Hall–Kier alpha value is -4.27. The van der Waals surface area contributed by atoms with E-state index in [0.29, 0.717) is 47.0 Å². The van der Waals surface area contributed by atoms with Gasteiger partial charge in [-0.25, -0.2) is 9.59 Å². The van der Waals surface area contributed by atoms with Crippen LogP contribution in [0.2, 0.25) is 0 Å². The Balaban J connectivity index is 1.81. The van der Waals surface area contributed by atoms with Gasteiger partial charge in [-0.15, -0.1) is 0 Å². The van der Waals surface area contributed by atoms with Crippen LogP contribution in [0.15, 0.2) is 47.5 Å². The maximum atomic E-state index is 13.2. The van der Waals surface area contributed by atoms with Crippen molar-refractivity contribution in [3.63, 3.8) is 0 Å². The van der Waals surface area contributed by atoms with Gasteiger partial charge in [0.1, 0.15) is 0 Å². The van der Waals surface area contributed by atoms with Crippen molar-refractivity contribution in [2.24, 2.45) is 0 Å². The number of carboxylic acids is 2. The van der Waals surface area contributed by atoms with Crippen molar-refractivity contribution in [3.8, 4) is 23.0 Å². The predicted octanol–water partition coefficient (Wildman–Crippen LogP) is 3.85. The molecule has 0 saturated heterocycles. The Morgan fingerprint density at radius 1 is 0.771 bits per heavy atom. The van der Waals surface area contributed by atoms with Crippen LogP contribution in [0.1, 0.15) is 30.4 Å². The van der Waals surface area contributed by atoms with E-state index in [9.17, 15) is 14.4 Å². The third-order valence-corrected chi connectivity index (χ3v) is 5.23. The second kappa shape index (κ2) is 11.7. The van der Waals surface area contributed by atoms with Crippen LogP contribution < -0.4 is 18.9 Å². The topological polar surface area (TPSA) is 129 Å². The number of carboxylic acid groups (broad SMARTS) is 2. The number of Topliss-reactive ketones (excluding diaryl/α,β-unsaturated/α-hetero) is 1. The van der Waals surface area contributed by atoms with Gasteiger partial charge in [0.05, 0.1) is 14.2 Å². The van der Waals surface area contributed by atoms with Crippen LogP contribution in [0.4, 0.5) is 0 Å². The van der Waals surface area contributed by atoms with Crippen molar-refractivity contribution in [3.05, 3.63) is 58.7 Å². The molecule has 1 aliphatic carbocycles. The fraction of sp³-hybridized carbons (Fsp3) is 0.269. The van der Waals surface area contributed by atoms with Gasteiger partial charge in [0.25, 0.3) is 0 Å². The van der Waals surface area contributed by atoms with Crippen LogP contribution in [0.5, 0.6) is 23.0 Å². The Labute approximate surface area is 202 Å². The summed E-state index contributed by atoms with van der Waals surface area (Å²) in [7, 11) is 2.91. The summed E-state index contributed by atoms with van der Waals surface area (Å²) >= 11 is 0. The molecule has 0 atom stereocenters. The van der Waals surface area contributed by atoms with Crippen LogP contribution >= 0.6 is 0 Å². The normalized spacial score (nSPS) is 15.7. The first-order valence-electron chi connectivity index (χ1n) is 10.8. The zero-order valence-electron chi connectivity index (χ0n) is 19.4. The number of carbonyl (C=O) groups excluding carboxylic acids is 1. The summed E-state index contributed by atoms with van der Waals surface area (Å²) in [4.78, 5) is 34.7. The van der Waals surface area contributed by atoms with E-state index in [1.807, 2.05) is 0 Å². The zero-order chi connectivity index (χ0) is 25.4. The zero-order valence-corrected chi connectivity index (χ0v) is 19.4. The molecule has 1 aliphatic rings. The molecule has 0 amide bonds. The van der Waals surface area contributed by atoms with E-state index >= 15 is 0 Å². The predicted molar refractivity (Wildman–Crippen MR) is 127 cm³/mol. The molecule has 2 aromatic rings. The van der Waals surface area contributed by atoms with Crippen LogP contribution in [-0.4, -0.2) is 55.4 Å². The molecule has 1 fully saturated rings. The number of aliphatic carboxylic acids is 2. The van der Waals surface area contributed by atoms with Crippen molar-refractivity contribution in [1.29, 1.82) is 0 Å². The third-order valence-electron chi connectivity index (χ3n) is 5.23. The summed E-state index contributed by atoms with van der Waals surface area (Å²) in [5, 5.41) is 17.6. The monoisotopic (exact) mass is 482 g/mol. The van der Waals surface area contributed by atoms with E-state index in [1.165, 1.54) is 14.2 Å². The highest BCUT2D eigenvalue weighted by atomic mass is 16.5. The SMILES string of the molecule is COc1cc(/C=C2/CCC/C(=C\c3ccc(OCC(=O)O)c(OC)c3)C2=O)ccc1OCC(=O)O. The van der Waals surface area contributed by atoms with Crippen molar-refractivity contribution >= 4 is 29.9 Å². The number of rotatable bonds is 10. The molecule has 0 unspecified atom stereocenters. The fourth-order valence-electron chi connectivity index (χ4n) is 3.65. The Morgan fingerprint density at radius 3 is 1.57 bits per heavy atom. The highest BCUT2D eigenvalue weighted by Gasteiger charge is 2.21. The fourth-order valence-corrected chi connectivity index (χ4v) is 3.65. The summed E-state index contributed by atoms with van der Waals surface area (Å²) in [6.07, 6.45) is 5.64. The molecule has 2 aromatic carbocycles. The highest BCUT2D eigenvalue weighted by molar-refractivity contribution is 6.14. The van der Waals surface area contributed by atoms with Crippen LogP contribution in [-0.2, 0) is 14.4 Å². The molecule has 0 heterocycles. The first kappa shape index (κ1) is 25.4. The average molecular weight is 482 g/mol. The second-order valence-electron chi connectivity index (χ2n) is 7.71. The summed E-state index contributed by atoms with van der Waals surface area (Å²) in [5.74, 6) is -0.897. The number of benzene rings is 2. The third kappa shape index (κ3) is 6.86. The van der Waals surface area contributed by atoms with Crippen LogP contribution in [0.25, 0.3) is 12.2 Å². The number of carbonyl (C=O) groups is 3. The largest absolute Gasteiger partial charge is 0.493 e. The smallest absolute Gasteiger partial charge is 0.341 e. The minimum Gasteiger partial charge on any atom is -0.493 e. The summed E-state index contributed by atoms with van der Waals surface area (Å²) < 4.78 is 21.0. The number of allylic oxidation sites excluding steroid dienone is 2. The van der Waals surface area contributed by atoms with Crippen LogP contribution in [0.3, 0.4) is 0 Å². The van der Waals surface area contributed by atoms with E-state index < -0.39 is 25.2 Å². The molecule has 0 bridgehead atoms. The number of hydrogen-bond donors (Lipinski definition) is 2. The van der Waals surface area contributed by atoms with E-state index in [-0.39, 0.29) is 5.78 Å². The van der Waals surface area contributed by atoms with Gasteiger partial charge in [-0.05, 0) is 66.8 Å².